The van der Waals surface area contributed by atoms with Gasteiger partial charge < -0.3 is 0 Å². The molecule has 2 nitrogen and oxygen atoms in total. The predicted octanol–water partition coefficient (Wildman–Crippen LogP) is 6.97. The molecule has 0 spiro atoms. The molecule has 0 saturated heterocycles. The minimum Gasteiger partial charge on any atom is -0.253 e. The summed E-state index contributed by atoms with van der Waals surface area (Å²) in [5, 5.41) is 2.40. The monoisotopic (exact) mass is 402 g/mol. The zero-order valence-corrected chi connectivity index (χ0v) is 18.0. The summed E-state index contributed by atoms with van der Waals surface area (Å²) in [5.41, 5.74) is 8.25. The van der Waals surface area contributed by atoms with Crippen LogP contribution in [0.2, 0.25) is 0 Å². The smallest absolute Gasteiger partial charge is 0.0734 e. The van der Waals surface area contributed by atoms with Gasteiger partial charge in [-0.1, -0.05) is 78.9 Å². The van der Waals surface area contributed by atoms with E-state index in [2.05, 4.69) is 105 Å². The second-order valence-corrected chi connectivity index (χ2v) is 8.41. The molecule has 0 saturated carbocycles. The minimum absolute atomic E-state index is 0.323. The van der Waals surface area contributed by atoms with Crippen molar-refractivity contribution < 1.29 is 0 Å². The molecule has 2 heterocycles. The number of pyridine rings is 2. The van der Waals surface area contributed by atoms with Crippen LogP contribution in [0.5, 0.6) is 0 Å². The average Bonchev–Trinajstić information content (AvgIpc) is 2.80. The van der Waals surface area contributed by atoms with Gasteiger partial charge in [0.15, 0.2) is 0 Å². The number of aromatic nitrogens is 2. The molecule has 0 amide bonds. The van der Waals surface area contributed by atoms with Crippen molar-refractivity contribution in [2.75, 3.05) is 0 Å². The van der Waals surface area contributed by atoms with Crippen LogP contribution >= 0.6 is 0 Å². The third kappa shape index (κ3) is 4.06. The average molecular weight is 403 g/mol. The number of fused-ring (bicyclic) bond motifs is 2. The Balaban J connectivity index is 1.51. The summed E-state index contributed by atoms with van der Waals surface area (Å²) in [6.07, 6.45) is 1.78. The van der Waals surface area contributed by atoms with Gasteiger partial charge in [-0.2, -0.15) is 0 Å². The van der Waals surface area contributed by atoms with Gasteiger partial charge in [-0.3, -0.25) is 9.97 Å². The van der Waals surface area contributed by atoms with Crippen LogP contribution in [-0.4, -0.2) is 9.97 Å². The van der Waals surface area contributed by atoms with E-state index in [4.69, 9.17) is 9.97 Å². The first kappa shape index (κ1) is 19.4. The van der Waals surface area contributed by atoms with Gasteiger partial charge in [0.25, 0.3) is 0 Å². The van der Waals surface area contributed by atoms with Crippen molar-refractivity contribution >= 4 is 21.8 Å². The molecular weight excluding hydrogens is 376 g/mol. The van der Waals surface area contributed by atoms with E-state index in [-0.39, 0.29) is 0 Å². The Kier molecular flexibility index (Phi) is 5.21. The molecule has 5 rings (SSSR count). The molecular formula is C29H26N2. The van der Waals surface area contributed by atoms with E-state index in [9.17, 15) is 0 Å². The van der Waals surface area contributed by atoms with E-state index >= 15 is 0 Å². The highest BCUT2D eigenvalue weighted by Crippen LogP contribution is 2.27. The van der Waals surface area contributed by atoms with E-state index in [0.29, 0.717) is 5.92 Å². The maximum atomic E-state index is 5.03. The van der Waals surface area contributed by atoms with Crippen LogP contribution in [0.15, 0.2) is 91.0 Å². The maximum absolute atomic E-state index is 5.03. The number of hydrogen-bond acceptors (Lipinski definition) is 2. The molecule has 3 aromatic carbocycles. The van der Waals surface area contributed by atoms with Crippen molar-refractivity contribution in [2.45, 2.75) is 32.6 Å². The van der Waals surface area contributed by atoms with Gasteiger partial charge in [0.1, 0.15) is 0 Å². The third-order valence-electron chi connectivity index (χ3n) is 6.14. The van der Waals surface area contributed by atoms with Crippen molar-refractivity contribution in [3.05, 3.63) is 119 Å². The molecule has 2 aromatic heterocycles. The molecule has 31 heavy (non-hydrogen) atoms. The van der Waals surface area contributed by atoms with Gasteiger partial charge in [0.05, 0.1) is 11.0 Å². The van der Waals surface area contributed by atoms with E-state index in [0.717, 1.165) is 35.3 Å². The van der Waals surface area contributed by atoms with Crippen LogP contribution < -0.4 is 0 Å². The SMILES string of the molecule is Cc1cccc2ccc(CC(Cc3ccc4cccc(C)c4n3)c3ccccc3)nc12. The lowest BCUT2D eigenvalue weighted by Gasteiger charge is -2.18. The summed E-state index contributed by atoms with van der Waals surface area (Å²) >= 11 is 0. The van der Waals surface area contributed by atoms with E-state index in [1.807, 2.05) is 0 Å². The molecule has 5 aromatic rings. The Morgan fingerprint density at radius 1 is 0.548 bits per heavy atom. The summed E-state index contributed by atoms with van der Waals surface area (Å²) < 4.78 is 0. The molecule has 0 aliphatic heterocycles. The Hall–Kier alpha value is -3.52. The highest BCUT2D eigenvalue weighted by Gasteiger charge is 2.16. The predicted molar refractivity (Wildman–Crippen MR) is 130 cm³/mol. The molecule has 0 aliphatic carbocycles. The first-order valence-electron chi connectivity index (χ1n) is 10.9. The van der Waals surface area contributed by atoms with Crippen LogP contribution in [0.1, 0.15) is 34.0 Å². The van der Waals surface area contributed by atoms with Crippen molar-refractivity contribution in [1.29, 1.82) is 0 Å². The van der Waals surface area contributed by atoms with E-state index in [1.54, 1.807) is 0 Å². The third-order valence-corrected chi connectivity index (χ3v) is 6.14. The highest BCUT2D eigenvalue weighted by atomic mass is 14.7. The molecule has 0 aliphatic rings. The van der Waals surface area contributed by atoms with Crippen molar-refractivity contribution in [3.8, 4) is 0 Å². The van der Waals surface area contributed by atoms with Gasteiger partial charge in [-0.15, -0.1) is 0 Å². The Labute approximate surface area is 183 Å². The molecule has 0 fully saturated rings. The number of para-hydroxylation sites is 2. The van der Waals surface area contributed by atoms with E-state index in [1.165, 1.54) is 27.5 Å². The van der Waals surface area contributed by atoms with Crippen LogP contribution in [-0.2, 0) is 12.8 Å². The lowest BCUT2D eigenvalue weighted by Crippen LogP contribution is -2.09. The zero-order chi connectivity index (χ0) is 21.2. The first-order valence-corrected chi connectivity index (χ1v) is 10.9. The molecule has 0 atom stereocenters. The normalized spacial score (nSPS) is 11.5. The van der Waals surface area contributed by atoms with Crippen molar-refractivity contribution in [3.63, 3.8) is 0 Å². The van der Waals surface area contributed by atoms with Gasteiger partial charge in [0, 0.05) is 22.2 Å². The molecule has 0 N–H and O–H groups in total. The van der Waals surface area contributed by atoms with E-state index < -0.39 is 0 Å². The molecule has 0 unspecified atom stereocenters. The summed E-state index contributed by atoms with van der Waals surface area (Å²) in [5.74, 6) is 0.323. The lowest BCUT2D eigenvalue weighted by molar-refractivity contribution is 0.660. The molecule has 0 bridgehead atoms. The van der Waals surface area contributed by atoms with Crippen molar-refractivity contribution in [1.82, 2.24) is 9.97 Å². The number of rotatable bonds is 5. The topological polar surface area (TPSA) is 25.8 Å². The lowest BCUT2D eigenvalue weighted by atomic mass is 9.89. The highest BCUT2D eigenvalue weighted by molar-refractivity contribution is 5.82. The fourth-order valence-corrected chi connectivity index (χ4v) is 4.44. The van der Waals surface area contributed by atoms with Crippen LogP contribution in [0.4, 0.5) is 0 Å². The molecule has 152 valence electrons. The van der Waals surface area contributed by atoms with Gasteiger partial charge >= 0.3 is 0 Å². The summed E-state index contributed by atoms with van der Waals surface area (Å²) in [4.78, 5) is 10.1. The first-order chi connectivity index (χ1) is 15.2. The second kappa shape index (κ2) is 8.31. The summed E-state index contributed by atoms with van der Waals surface area (Å²) in [6, 6.07) is 32.3. The largest absolute Gasteiger partial charge is 0.253 e. The van der Waals surface area contributed by atoms with Gasteiger partial charge in [-0.05, 0) is 61.4 Å². The second-order valence-electron chi connectivity index (χ2n) is 8.41. The number of aryl methyl sites for hydroxylation is 2. The summed E-state index contributed by atoms with van der Waals surface area (Å²) in [6.45, 7) is 4.27. The van der Waals surface area contributed by atoms with Crippen molar-refractivity contribution in [2.24, 2.45) is 0 Å². The Bertz CT molecular complexity index is 1270. The zero-order valence-electron chi connectivity index (χ0n) is 18.0. The maximum Gasteiger partial charge on any atom is 0.0734 e. The van der Waals surface area contributed by atoms with Crippen LogP contribution in [0, 0.1) is 13.8 Å². The molecule has 2 heteroatoms. The molecule has 0 radical (unpaired) electrons. The van der Waals surface area contributed by atoms with Gasteiger partial charge in [0.2, 0.25) is 0 Å². The van der Waals surface area contributed by atoms with Crippen LogP contribution in [0.25, 0.3) is 21.8 Å². The quantitative estimate of drug-likeness (QED) is 0.317. The van der Waals surface area contributed by atoms with Crippen LogP contribution in [0.3, 0.4) is 0 Å². The Morgan fingerprint density at radius 2 is 1.06 bits per heavy atom. The van der Waals surface area contributed by atoms with Gasteiger partial charge in [-0.25, -0.2) is 0 Å². The Morgan fingerprint density at radius 3 is 1.58 bits per heavy atom. The fraction of sp³-hybridized carbons (Fsp3) is 0.172. The number of benzene rings is 3. The number of hydrogen-bond donors (Lipinski definition) is 0. The summed E-state index contributed by atoms with van der Waals surface area (Å²) in [7, 11) is 0. The standard InChI is InChI=1S/C29H26N2/c1-20-8-6-12-23-14-16-26(30-28(20)23)18-25(22-10-4-3-5-11-22)19-27-17-15-24-13-7-9-21(2)29(24)31-27/h3-17,25H,18-19H2,1-2H3. The number of nitrogens with zero attached hydrogens (tertiary/aromatic N) is 2. The fourth-order valence-electron chi connectivity index (χ4n) is 4.44. The minimum atomic E-state index is 0.323.